The van der Waals surface area contributed by atoms with Gasteiger partial charge in [0.1, 0.15) is 22.7 Å². The second-order valence-corrected chi connectivity index (χ2v) is 5.61. The minimum atomic E-state index is 0.543. The first-order valence-corrected chi connectivity index (χ1v) is 7.79. The molecule has 4 nitrogen and oxygen atoms in total. The highest BCUT2D eigenvalue weighted by Crippen LogP contribution is 2.27. The Balaban J connectivity index is 2.15. The standard InChI is InChI=1S/C17H22N4/c1-3-5-7-14-20-15-12-9-8-11(6-4-2)10-13(12)19-17(18)16(15)21-14/h8-10H,3-7H2,1-2H3,(H2,18,19)(H,20,21). The lowest BCUT2D eigenvalue weighted by molar-refractivity contribution is 0.765. The molecule has 0 unspecified atom stereocenters. The van der Waals surface area contributed by atoms with Crippen LogP contribution in [0.3, 0.4) is 0 Å². The Kier molecular flexibility index (Phi) is 3.78. The third-order valence-electron chi connectivity index (χ3n) is 3.87. The maximum Gasteiger partial charge on any atom is 0.150 e. The van der Waals surface area contributed by atoms with Gasteiger partial charge in [0.15, 0.2) is 0 Å². The molecule has 3 rings (SSSR count). The maximum absolute atomic E-state index is 6.11. The highest BCUT2D eigenvalue weighted by atomic mass is 15.0. The van der Waals surface area contributed by atoms with Crippen LogP contribution in [0, 0.1) is 0 Å². The molecule has 2 aromatic heterocycles. The fourth-order valence-electron chi connectivity index (χ4n) is 2.76. The van der Waals surface area contributed by atoms with Crippen molar-refractivity contribution in [2.45, 2.75) is 46.0 Å². The summed E-state index contributed by atoms with van der Waals surface area (Å²) in [5.74, 6) is 1.55. The minimum absolute atomic E-state index is 0.543. The van der Waals surface area contributed by atoms with Crippen LogP contribution in [0.2, 0.25) is 0 Å². The Bertz CT molecular complexity index is 773. The molecule has 0 fully saturated rings. The number of hydrogen-bond donors (Lipinski definition) is 2. The Hall–Kier alpha value is -2.10. The molecule has 0 saturated heterocycles. The zero-order valence-corrected chi connectivity index (χ0v) is 12.7. The van der Waals surface area contributed by atoms with Crippen molar-refractivity contribution in [3.8, 4) is 0 Å². The van der Waals surface area contributed by atoms with E-state index < -0.39 is 0 Å². The van der Waals surface area contributed by atoms with Crippen molar-refractivity contribution in [3.63, 3.8) is 0 Å². The second kappa shape index (κ2) is 5.72. The molecule has 3 aromatic rings. The largest absolute Gasteiger partial charge is 0.382 e. The Morgan fingerprint density at radius 2 is 1.95 bits per heavy atom. The van der Waals surface area contributed by atoms with Crippen molar-refractivity contribution in [2.24, 2.45) is 0 Å². The number of pyridine rings is 1. The summed E-state index contributed by atoms with van der Waals surface area (Å²) in [5.41, 5.74) is 10.2. The normalized spacial score (nSPS) is 11.5. The molecule has 0 spiro atoms. The minimum Gasteiger partial charge on any atom is -0.382 e. The van der Waals surface area contributed by atoms with Crippen LogP contribution in [-0.4, -0.2) is 15.0 Å². The molecule has 21 heavy (non-hydrogen) atoms. The van der Waals surface area contributed by atoms with Gasteiger partial charge in [-0.15, -0.1) is 0 Å². The van der Waals surface area contributed by atoms with Crippen molar-refractivity contribution in [1.82, 2.24) is 15.0 Å². The van der Waals surface area contributed by atoms with Crippen molar-refractivity contribution in [2.75, 3.05) is 5.73 Å². The number of aromatic amines is 1. The van der Waals surface area contributed by atoms with Crippen LogP contribution >= 0.6 is 0 Å². The zero-order valence-electron chi connectivity index (χ0n) is 12.7. The van der Waals surface area contributed by atoms with Gasteiger partial charge >= 0.3 is 0 Å². The van der Waals surface area contributed by atoms with Crippen molar-refractivity contribution in [1.29, 1.82) is 0 Å². The second-order valence-electron chi connectivity index (χ2n) is 5.61. The van der Waals surface area contributed by atoms with Gasteiger partial charge in [0.2, 0.25) is 0 Å². The number of nitrogens with one attached hydrogen (secondary N) is 1. The number of fused-ring (bicyclic) bond motifs is 3. The molecular weight excluding hydrogens is 260 g/mol. The molecule has 0 aliphatic carbocycles. The van der Waals surface area contributed by atoms with Crippen LogP contribution in [0.4, 0.5) is 5.82 Å². The third kappa shape index (κ3) is 2.58. The summed E-state index contributed by atoms with van der Waals surface area (Å²) < 4.78 is 0. The van der Waals surface area contributed by atoms with E-state index in [1.807, 2.05) is 0 Å². The fraction of sp³-hybridized carbons (Fsp3) is 0.412. The third-order valence-corrected chi connectivity index (χ3v) is 3.87. The predicted octanol–water partition coefficient (Wildman–Crippen LogP) is 3.99. The van der Waals surface area contributed by atoms with Crippen LogP contribution in [0.25, 0.3) is 21.9 Å². The van der Waals surface area contributed by atoms with Gasteiger partial charge in [0, 0.05) is 11.8 Å². The molecule has 0 amide bonds. The molecule has 4 heteroatoms. The summed E-state index contributed by atoms with van der Waals surface area (Å²) in [6.07, 6.45) is 5.45. The SMILES string of the molecule is CCCCc1nc2c([nH]1)c(N)nc1cc(CCC)ccc12. The van der Waals surface area contributed by atoms with Crippen molar-refractivity contribution in [3.05, 3.63) is 29.6 Å². The van der Waals surface area contributed by atoms with Crippen LogP contribution in [-0.2, 0) is 12.8 Å². The Labute approximate surface area is 124 Å². The topological polar surface area (TPSA) is 67.6 Å². The molecule has 3 N–H and O–H groups in total. The zero-order chi connectivity index (χ0) is 14.8. The van der Waals surface area contributed by atoms with Crippen molar-refractivity contribution < 1.29 is 0 Å². The van der Waals surface area contributed by atoms with E-state index in [-0.39, 0.29) is 0 Å². The number of nitrogen functional groups attached to an aromatic ring is 1. The first-order chi connectivity index (χ1) is 10.2. The number of nitrogens with zero attached hydrogens (tertiary/aromatic N) is 2. The van der Waals surface area contributed by atoms with Gasteiger partial charge in [-0.3, -0.25) is 0 Å². The molecule has 0 aliphatic heterocycles. The monoisotopic (exact) mass is 282 g/mol. The molecule has 1 aromatic carbocycles. The van der Waals surface area contributed by atoms with Crippen LogP contribution in [0.5, 0.6) is 0 Å². The lowest BCUT2D eigenvalue weighted by Gasteiger charge is -2.04. The van der Waals surface area contributed by atoms with E-state index in [9.17, 15) is 0 Å². The number of aryl methyl sites for hydroxylation is 2. The summed E-state index contributed by atoms with van der Waals surface area (Å²) in [5, 5.41) is 1.08. The number of nitrogens with two attached hydrogens (primary N) is 1. The van der Waals surface area contributed by atoms with Crippen LogP contribution in [0.1, 0.15) is 44.5 Å². The van der Waals surface area contributed by atoms with E-state index in [0.29, 0.717) is 5.82 Å². The number of hydrogen-bond acceptors (Lipinski definition) is 3. The van der Waals surface area contributed by atoms with Gasteiger partial charge in [0.05, 0.1) is 5.52 Å². The lowest BCUT2D eigenvalue weighted by atomic mass is 10.1. The number of imidazole rings is 1. The number of benzene rings is 1. The van der Waals surface area contributed by atoms with E-state index in [1.165, 1.54) is 5.56 Å². The first kappa shape index (κ1) is 13.9. The smallest absolute Gasteiger partial charge is 0.150 e. The molecule has 0 radical (unpaired) electrons. The fourth-order valence-corrected chi connectivity index (χ4v) is 2.76. The van der Waals surface area contributed by atoms with Crippen LogP contribution < -0.4 is 5.73 Å². The quantitative estimate of drug-likeness (QED) is 0.743. The number of aromatic nitrogens is 3. The van der Waals surface area contributed by atoms with Gasteiger partial charge in [-0.25, -0.2) is 9.97 Å². The van der Waals surface area contributed by atoms with Crippen molar-refractivity contribution >= 4 is 27.8 Å². The number of anilines is 1. The lowest BCUT2D eigenvalue weighted by Crippen LogP contribution is -1.94. The number of unbranched alkanes of at least 4 members (excludes halogenated alkanes) is 1. The molecule has 0 aliphatic rings. The van der Waals surface area contributed by atoms with Gasteiger partial charge in [-0.1, -0.05) is 38.8 Å². The summed E-state index contributed by atoms with van der Waals surface area (Å²) in [4.78, 5) is 12.6. The van der Waals surface area contributed by atoms with Gasteiger partial charge in [0.25, 0.3) is 0 Å². The van der Waals surface area contributed by atoms with Gasteiger partial charge < -0.3 is 10.7 Å². The van der Waals surface area contributed by atoms with Gasteiger partial charge in [-0.05, 0) is 24.5 Å². The highest BCUT2D eigenvalue weighted by Gasteiger charge is 2.11. The molecule has 2 heterocycles. The Morgan fingerprint density at radius 1 is 1.10 bits per heavy atom. The molecule has 0 bridgehead atoms. The maximum atomic E-state index is 6.11. The van der Waals surface area contributed by atoms with E-state index in [1.54, 1.807) is 0 Å². The Morgan fingerprint density at radius 3 is 2.71 bits per heavy atom. The van der Waals surface area contributed by atoms with E-state index >= 15 is 0 Å². The molecular formula is C17H22N4. The van der Waals surface area contributed by atoms with E-state index in [2.05, 4.69) is 42.0 Å². The molecule has 0 atom stereocenters. The van der Waals surface area contributed by atoms with Crippen LogP contribution in [0.15, 0.2) is 18.2 Å². The molecule has 110 valence electrons. The van der Waals surface area contributed by atoms with Gasteiger partial charge in [-0.2, -0.15) is 0 Å². The summed E-state index contributed by atoms with van der Waals surface area (Å²) in [6, 6.07) is 6.43. The first-order valence-electron chi connectivity index (χ1n) is 7.79. The number of rotatable bonds is 5. The average molecular weight is 282 g/mol. The average Bonchev–Trinajstić information content (AvgIpc) is 2.90. The summed E-state index contributed by atoms with van der Waals surface area (Å²) in [7, 11) is 0. The predicted molar refractivity (Wildman–Crippen MR) is 88.4 cm³/mol. The highest BCUT2D eigenvalue weighted by molar-refractivity contribution is 6.06. The number of H-pyrrole nitrogens is 1. The summed E-state index contributed by atoms with van der Waals surface area (Å²) in [6.45, 7) is 4.37. The van der Waals surface area contributed by atoms with E-state index in [4.69, 9.17) is 10.7 Å². The molecule has 0 saturated carbocycles. The van der Waals surface area contributed by atoms with E-state index in [0.717, 1.165) is 59.9 Å². The summed E-state index contributed by atoms with van der Waals surface area (Å²) >= 11 is 0.